The summed E-state index contributed by atoms with van der Waals surface area (Å²) in [7, 11) is 3.45. The number of benzene rings is 2. The van der Waals surface area contributed by atoms with Crippen LogP contribution in [0.25, 0.3) is 11.0 Å². The molecule has 0 atom stereocenters. The van der Waals surface area contributed by atoms with Crippen molar-refractivity contribution in [2.24, 2.45) is 7.05 Å². The summed E-state index contributed by atoms with van der Waals surface area (Å²) < 4.78 is 6.97. The first-order chi connectivity index (χ1) is 12.1. The second-order valence-electron chi connectivity index (χ2n) is 5.34. The Kier molecular flexibility index (Phi) is 5.04. The number of rotatable bonds is 5. The SMILES string of the molecule is COc1ccc(C(=O)NC(=O)CSc2nc3ccccc3n2C)cc1. The van der Waals surface area contributed by atoms with E-state index in [-0.39, 0.29) is 11.7 Å². The number of carbonyl (C=O) groups is 2. The monoisotopic (exact) mass is 355 g/mol. The lowest BCUT2D eigenvalue weighted by atomic mass is 10.2. The summed E-state index contributed by atoms with van der Waals surface area (Å²) in [6.07, 6.45) is 0. The van der Waals surface area contributed by atoms with Crippen LogP contribution in [-0.4, -0.2) is 34.2 Å². The van der Waals surface area contributed by atoms with Crippen LogP contribution < -0.4 is 10.1 Å². The van der Waals surface area contributed by atoms with Crippen molar-refractivity contribution in [3.8, 4) is 5.75 Å². The summed E-state index contributed by atoms with van der Waals surface area (Å²) in [5.74, 6) is -0.0320. The van der Waals surface area contributed by atoms with E-state index in [0.29, 0.717) is 11.3 Å². The Morgan fingerprint density at radius 2 is 1.88 bits per heavy atom. The molecular weight excluding hydrogens is 338 g/mol. The molecule has 3 rings (SSSR count). The number of fused-ring (bicyclic) bond motifs is 1. The van der Waals surface area contributed by atoms with Crippen molar-refractivity contribution in [1.82, 2.24) is 14.9 Å². The lowest BCUT2D eigenvalue weighted by Crippen LogP contribution is -2.31. The highest BCUT2D eigenvalue weighted by atomic mass is 32.2. The highest BCUT2D eigenvalue weighted by Crippen LogP contribution is 2.22. The third kappa shape index (κ3) is 3.83. The number of nitrogens with zero attached hydrogens (tertiary/aromatic N) is 2. The average Bonchev–Trinajstić information content (AvgIpc) is 2.96. The van der Waals surface area contributed by atoms with Gasteiger partial charge in [0, 0.05) is 12.6 Å². The normalized spacial score (nSPS) is 10.6. The summed E-state index contributed by atoms with van der Waals surface area (Å²) in [4.78, 5) is 28.6. The molecule has 0 saturated carbocycles. The van der Waals surface area contributed by atoms with Crippen LogP contribution in [0.3, 0.4) is 0 Å². The Morgan fingerprint density at radius 3 is 2.56 bits per heavy atom. The van der Waals surface area contributed by atoms with Gasteiger partial charge in [-0.2, -0.15) is 0 Å². The molecule has 0 spiro atoms. The summed E-state index contributed by atoms with van der Waals surface area (Å²) in [5, 5.41) is 3.11. The highest BCUT2D eigenvalue weighted by Gasteiger charge is 2.13. The zero-order valence-corrected chi connectivity index (χ0v) is 14.7. The maximum Gasteiger partial charge on any atom is 0.257 e. The number of nitrogens with one attached hydrogen (secondary N) is 1. The van der Waals surface area contributed by atoms with E-state index in [0.717, 1.165) is 16.2 Å². The number of methoxy groups -OCH3 is 1. The molecule has 0 unspecified atom stereocenters. The topological polar surface area (TPSA) is 73.2 Å². The first-order valence-corrected chi connectivity index (χ1v) is 8.59. The molecule has 0 fully saturated rings. The van der Waals surface area contributed by atoms with Crippen molar-refractivity contribution in [3.63, 3.8) is 0 Å². The largest absolute Gasteiger partial charge is 0.497 e. The van der Waals surface area contributed by atoms with Crippen molar-refractivity contribution < 1.29 is 14.3 Å². The predicted octanol–water partition coefficient (Wildman–Crippen LogP) is 2.63. The quantitative estimate of drug-likeness (QED) is 0.712. The number of hydrogen-bond acceptors (Lipinski definition) is 5. The van der Waals surface area contributed by atoms with E-state index in [4.69, 9.17) is 4.74 Å². The Morgan fingerprint density at radius 1 is 1.16 bits per heavy atom. The summed E-state index contributed by atoms with van der Waals surface area (Å²) in [5.41, 5.74) is 2.28. The van der Waals surface area contributed by atoms with E-state index in [1.54, 1.807) is 31.4 Å². The predicted molar refractivity (Wildman–Crippen MR) is 96.9 cm³/mol. The van der Waals surface area contributed by atoms with Gasteiger partial charge in [-0.15, -0.1) is 0 Å². The number of aryl methyl sites for hydroxylation is 1. The number of hydrogen-bond donors (Lipinski definition) is 1. The minimum absolute atomic E-state index is 0.110. The molecule has 2 aromatic carbocycles. The van der Waals surface area contributed by atoms with Gasteiger partial charge >= 0.3 is 0 Å². The zero-order chi connectivity index (χ0) is 17.8. The Hall–Kier alpha value is -2.80. The smallest absolute Gasteiger partial charge is 0.257 e. The van der Waals surface area contributed by atoms with Crippen molar-refractivity contribution in [3.05, 3.63) is 54.1 Å². The minimum Gasteiger partial charge on any atom is -0.497 e. The molecule has 6 nitrogen and oxygen atoms in total. The van der Waals surface area contributed by atoms with Crippen molar-refractivity contribution >= 4 is 34.6 Å². The van der Waals surface area contributed by atoms with Gasteiger partial charge in [0.1, 0.15) is 5.75 Å². The molecule has 1 aromatic heterocycles. The van der Waals surface area contributed by atoms with Gasteiger partial charge in [0.25, 0.3) is 5.91 Å². The van der Waals surface area contributed by atoms with E-state index in [1.165, 1.54) is 11.8 Å². The fraction of sp³-hybridized carbons (Fsp3) is 0.167. The van der Waals surface area contributed by atoms with Crippen molar-refractivity contribution in [2.45, 2.75) is 5.16 Å². The van der Waals surface area contributed by atoms with Gasteiger partial charge in [-0.25, -0.2) is 4.98 Å². The van der Waals surface area contributed by atoms with E-state index in [9.17, 15) is 9.59 Å². The summed E-state index contributed by atoms with van der Waals surface area (Å²) in [6.45, 7) is 0. The number of imide groups is 1. The van der Waals surface area contributed by atoms with Crippen LogP contribution in [-0.2, 0) is 11.8 Å². The first kappa shape index (κ1) is 17.0. The molecule has 0 aliphatic rings. The third-order valence-corrected chi connectivity index (χ3v) is 4.71. The maximum atomic E-state index is 12.1. The molecule has 128 valence electrons. The number of amides is 2. The maximum absolute atomic E-state index is 12.1. The van der Waals surface area contributed by atoms with E-state index < -0.39 is 5.91 Å². The molecule has 2 amide bonds. The number of ether oxygens (including phenoxy) is 1. The van der Waals surface area contributed by atoms with Gasteiger partial charge in [-0.3, -0.25) is 14.9 Å². The lowest BCUT2D eigenvalue weighted by molar-refractivity contribution is -0.117. The molecule has 0 aliphatic heterocycles. The summed E-state index contributed by atoms with van der Waals surface area (Å²) >= 11 is 1.29. The van der Waals surface area contributed by atoms with Crippen LogP contribution in [0.4, 0.5) is 0 Å². The number of thioether (sulfide) groups is 1. The Balaban J connectivity index is 1.60. The van der Waals surface area contributed by atoms with Crippen LogP contribution in [0.1, 0.15) is 10.4 Å². The number of para-hydroxylation sites is 2. The molecule has 0 saturated heterocycles. The van der Waals surface area contributed by atoms with Crippen molar-refractivity contribution in [1.29, 1.82) is 0 Å². The van der Waals surface area contributed by atoms with Gasteiger partial charge in [-0.05, 0) is 36.4 Å². The highest BCUT2D eigenvalue weighted by molar-refractivity contribution is 7.99. The standard InChI is InChI=1S/C18H17N3O3S/c1-21-15-6-4-3-5-14(15)19-18(21)25-11-16(22)20-17(23)12-7-9-13(24-2)10-8-12/h3-10H,11H2,1-2H3,(H,20,22,23). The molecule has 3 aromatic rings. The van der Waals surface area contributed by atoms with E-state index >= 15 is 0 Å². The van der Waals surface area contributed by atoms with Crippen LogP contribution >= 0.6 is 11.8 Å². The molecule has 1 N–H and O–H groups in total. The second kappa shape index (κ2) is 7.40. The molecule has 25 heavy (non-hydrogen) atoms. The van der Waals surface area contributed by atoms with Gasteiger partial charge < -0.3 is 9.30 Å². The average molecular weight is 355 g/mol. The number of aromatic nitrogens is 2. The summed E-state index contributed by atoms with van der Waals surface area (Å²) in [6, 6.07) is 14.3. The molecule has 0 radical (unpaired) electrons. The molecule has 0 aliphatic carbocycles. The van der Waals surface area contributed by atoms with Crippen molar-refractivity contribution in [2.75, 3.05) is 12.9 Å². The van der Waals surface area contributed by atoms with Crippen LogP contribution in [0.5, 0.6) is 5.75 Å². The van der Waals surface area contributed by atoms with Crippen LogP contribution in [0.15, 0.2) is 53.7 Å². The lowest BCUT2D eigenvalue weighted by Gasteiger charge is -2.05. The van der Waals surface area contributed by atoms with Gasteiger partial charge in [0.2, 0.25) is 5.91 Å². The first-order valence-electron chi connectivity index (χ1n) is 7.61. The van der Waals surface area contributed by atoms with E-state index in [2.05, 4.69) is 10.3 Å². The Labute approximate surface area is 149 Å². The minimum atomic E-state index is -0.432. The zero-order valence-electron chi connectivity index (χ0n) is 13.9. The fourth-order valence-corrected chi connectivity index (χ4v) is 3.15. The van der Waals surface area contributed by atoms with Gasteiger partial charge in [-0.1, -0.05) is 23.9 Å². The molecule has 7 heteroatoms. The van der Waals surface area contributed by atoms with E-state index in [1.807, 2.05) is 35.9 Å². The number of imidazole rings is 1. The van der Waals surface area contributed by atoms with Gasteiger partial charge in [0.05, 0.1) is 23.9 Å². The second-order valence-corrected chi connectivity index (χ2v) is 6.28. The fourth-order valence-electron chi connectivity index (χ4n) is 2.36. The molecular formula is C18H17N3O3S. The third-order valence-electron chi connectivity index (χ3n) is 3.68. The van der Waals surface area contributed by atoms with Crippen LogP contribution in [0.2, 0.25) is 0 Å². The van der Waals surface area contributed by atoms with Crippen LogP contribution in [0, 0.1) is 0 Å². The molecule has 1 heterocycles. The molecule has 0 bridgehead atoms. The number of carbonyl (C=O) groups excluding carboxylic acids is 2. The van der Waals surface area contributed by atoms with Gasteiger partial charge in [0.15, 0.2) is 5.16 Å². The Bertz CT molecular complexity index is 919.